The van der Waals surface area contributed by atoms with Gasteiger partial charge in [0, 0.05) is 12.2 Å². The van der Waals surface area contributed by atoms with Gasteiger partial charge in [0.15, 0.2) is 17.4 Å². The number of aromatic nitrogens is 2. The molecule has 2 aliphatic heterocycles. The molecule has 5 nitrogen and oxygen atoms in total. The van der Waals surface area contributed by atoms with Crippen molar-refractivity contribution < 1.29 is 9.47 Å². The van der Waals surface area contributed by atoms with Gasteiger partial charge in [-0.2, -0.15) is 0 Å². The van der Waals surface area contributed by atoms with Gasteiger partial charge >= 0.3 is 0 Å². The van der Waals surface area contributed by atoms with Crippen LogP contribution < -0.4 is 15.2 Å². The first-order valence-electron chi connectivity index (χ1n) is 6.98. The second-order valence-corrected chi connectivity index (χ2v) is 5.48. The summed E-state index contributed by atoms with van der Waals surface area (Å²) in [5, 5.41) is 0. The van der Waals surface area contributed by atoms with Crippen molar-refractivity contribution in [3.8, 4) is 11.5 Å². The van der Waals surface area contributed by atoms with Crippen LogP contribution in [0.15, 0.2) is 24.4 Å². The molecule has 4 rings (SSSR count). The molecule has 0 spiro atoms. The van der Waals surface area contributed by atoms with Crippen molar-refractivity contribution in [2.24, 2.45) is 5.92 Å². The van der Waals surface area contributed by atoms with Crippen molar-refractivity contribution >= 4 is 5.95 Å². The summed E-state index contributed by atoms with van der Waals surface area (Å²) in [6.45, 7) is 1.27. The predicted octanol–water partition coefficient (Wildman–Crippen LogP) is 2.00. The third-order valence-corrected chi connectivity index (χ3v) is 4.21. The van der Waals surface area contributed by atoms with Crippen LogP contribution in [0.25, 0.3) is 0 Å². The summed E-state index contributed by atoms with van der Waals surface area (Å²) in [6, 6.07) is 6.11. The maximum absolute atomic E-state index is 5.91. The summed E-state index contributed by atoms with van der Waals surface area (Å²) < 4.78 is 13.2. The number of rotatable bonds is 2. The van der Waals surface area contributed by atoms with Crippen LogP contribution in [0, 0.1) is 5.92 Å². The van der Waals surface area contributed by atoms with E-state index in [0.717, 1.165) is 37.3 Å². The minimum Gasteiger partial charge on any atom is -0.454 e. The molecule has 3 heterocycles. The fourth-order valence-electron chi connectivity index (χ4n) is 3.17. The lowest BCUT2D eigenvalue weighted by atomic mass is 9.91. The summed E-state index contributed by atoms with van der Waals surface area (Å²) in [6.07, 6.45) is 5.09. The second kappa shape index (κ2) is 4.44. The minimum atomic E-state index is 0.329. The van der Waals surface area contributed by atoms with Crippen LogP contribution in [0.5, 0.6) is 11.5 Å². The van der Waals surface area contributed by atoms with Crippen LogP contribution in [-0.4, -0.2) is 16.3 Å². The van der Waals surface area contributed by atoms with Gasteiger partial charge in [0.05, 0.1) is 6.20 Å². The van der Waals surface area contributed by atoms with E-state index < -0.39 is 0 Å². The average molecular weight is 271 g/mol. The Hall–Kier alpha value is -2.17. The van der Waals surface area contributed by atoms with Gasteiger partial charge in [-0.05, 0) is 36.8 Å². The Morgan fingerprint density at radius 3 is 3.25 bits per heavy atom. The van der Waals surface area contributed by atoms with E-state index in [-0.39, 0.29) is 0 Å². The Kier molecular flexibility index (Phi) is 2.58. The number of fused-ring (bicyclic) bond motifs is 2. The van der Waals surface area contributed by atoms with E-state index in [1.165, 1.54) is 11.3 Å². The number of hydrogen-bond donors (Lipinski definition) is 1. The Balaban J connectivity index is 1.56. The lowest BCUT2D eigenvalue weighted by Gasteiger charge is -2.25. The van der Waals surface area contributed by atoms with Gasteiger partial charge in [-0.1, -0.05) is 12.1 Å². The van der Waals surface area contributed by atoms with Crippen molar-refractivity contribution in [1.82, 2.24) is 9.55 Å². The van der Waals surface area contributed by atoms with Gasteiger partial charge in [0.1, 0.15) is 0 Å². The Morgan fingerprint density at radius 2 is 2.30 bits per heavy atom. The van der Waals surface area contributed by atoms with E-state index >= 15 is 0 Å². The van der Waals surface area contributed by atoms with Crippen LogP contribution in [0.4, 0.5) is 5.95 Å². The number of nitrogens with zero attached hydrogens (tertiary/aromatic N) is 2. The molecule has 0 bridgehead atoms. The van der Waals surface area contributed by atoms with E-state index in [2.05, 4.69) is 15.6 Å². The molecule has 1 atom stereocenters. The zero-order chi connectivity index (χ0) is 13.5. The van der Waals surface area contributed by atoms with Gasteiger partial charge in [0.2, 0.25) is 6.79 Å². The van der Waals surface area contributed by atoms with E-state index in [1.807, 2.05) is 18.3 Å². The number of nitrogens with two attached hydrogens (primary N) is 1. The van der Waals surface area contributed by atoms with Crippen LogP contribution in [0.1, 0.15) is 17.7 Å². The van der Waals surface area contributed by atoms with Crippen molar-refractivity contribution in [3.63, 3.8) is 0 Å². The fraction of sp³-hybridized carbons (Fsp3) is 0.400. The molecule has 0 amide bonds. The number of nitrogen functional groups attached to an aromatic ring is 1. The highest BCUT2D eigenvalue weighted by Crippen LogP contribution is 2.37. The lowest BCUT2D eigenvalue weighted by Crippen LogP contribution is -2.22. The highest BCUT2D eigenvalue weighted by atomic mass is 16.7. The molecule has 1 aromatic heterocycles. The molecule has 2 aliphatic rings. The monoisotopic (exact) mass is 271 g/mol. The molecule has 2 N–H and O–H groups in total. The first-order chi connectivity index (χ1) is 9.81. The number of benzene rings is 1. The number of aryl methyl sites for hydroxylation is 1. The molecule has 5 heteroatoms. The first kappa shape index (κ1) is 11.6. The molecule has 0 radical (unpaired) electrons. The van der Waals surface area contributed by atoms with Gasteiger partial charge in [-0.3, -0.25) is 0 Å². The molecule has 0 fully saturated rings. The van der Waals surface area contributed by atoms with Crippen molar-refractivity contribution in [2.75, 3.05) is 12.5 Å². The van der Waals surface area contributed by atoms with E-state index in [4.69, 9.17) is 15.2 Å². The highest BCUT2D eigenvalue weighted by Gasteiger charge is 2.24. The first-order valence-corrected chi connectivity index (χ1v) is 6.98. The molecule has 1 unspecified atom stereocenters. The molecule has 20 heavy (non-hydrogen) atoms. The zero-order valence-electron chi connectivity index (χ0n) is 11.2. The van der Waals surface area contributed by atoms with Crippen molar-refractivity contribution in [1.29, 1.82) is 0 Å². The summed E-state index contributed by atoms with van der Waals surface area (Å²) in [5.74, 6) is 2.97. The number of para-hydroxylation sites is 1. The zero-order valence-corrected chi connectivity index (χ0v) is 11.2. The minimum absolute atomic E-state index is 0.329. The summed E-state index contributed by atoms with van der Waals surface area (Å²) in [4.78, 5) is 4.19. The number of ether oxygens (including phenoxy) is 2. The van der Waals surface area contributed by atoms with Gasteiger partial charge in [0.25, 0.3) is 0 Å². The molecule has 2 aromatic rings. The third kappa shape index (κ3) is 1.81. The maximum atomic E-state index is 5.91. The quantitative estimate of drug-likeness (QED) is 0.907. The molecular formula is C15H17N3O2. The van der Waals surface area contributed by atoms with Crippen LogP contribution in [0.3, 0.4) is 0 Å². The predicted molar refractivity (Wildman–Crippen MR) is 74.7 cm³/mol. The van der Waals surface area contributed by atoms with Gasteiger partial charge in [-0.15, -0.1) is 0 Å². The topological polar surface area (TPSA) is 62.3 Å². The van der Waals surface area contributed by atoms with E-state index in [9.17, 15) is 0 Å². The van der Waals surface area contributed by atoms with Crippen molar-refractivity contribution in [2.45, 2.75) is 25.8 Å². The van der Waals surface area contributed by atoms with Gasteiger partial charge < -0.3 is 19.8 Å². The molecule has 0 saturated heterocycles. The fourth-order valence-corrected chi connectivity index (χ4v) is 3.17. The summed E-state index contributed by atoms with van der Waals surface area (Å²) >= 11 is 0. The summed E-state index contributed by atoms with van der Waals surface area (Å²) in [5.41, 5.74) is 8.39. The number of hydrogen-bond acceptors (Lipinski definition) is 4. The van der Waals surface area contributed by atoms with Crippen LogP contribution in [-0.2, 0) is 19.4 Å². The lowest BCUT2D eigenvalue weighted by molar-refractivity contribution is 0.173. The Labute approximate surface area is 117 Å². The molecular weight excluding hydrogens is 254 g/mol. The molecule has 0 saturated carbocycles. The van der Waals surface area contributed by atoms with Crippen molar-refractivity contribution in [3.05, 3.63) is 35.7 Å². The highest BCUT2D eigenvalue weighted by molar-refractivity contribution is 5.48. The molecule has 104 valence electrons. The molecule has 0 aliphatic carbocycles. The average Bonchev–Trinajstić information content (AvgIpc) is 3.07. The van der Waals surface area contributed by atoms with E-state index in [0.29, 0.717) is 18.7 Å². The maximum Gasteiger partial charge on any atom is 0.231 e. The van der Waals surface area contributed by atoms with Gasteiger partial charge in [-0.25, -0.2) is 4.98 Å². The number of imidazole rings is 1. The normalized spacial score (nSPS) is 19.9. The largest absolute Gasteiger partial charge is 0.454 e. The Morgan fingerprint density at radius 1 is 1.35 bits per heavy atom. The standard InChI is InChI=1S/C15H17N3O2/c16-15-17-7-12-5-4-10(8-18(12)15)6-11-2-1-3-13-14(11)20-9-19-13/h1-3,7,10H,4-6,8-9H2,(H2,16,17). The second-order valence-electron chi connectivity index (χ2n) is 5.48. The smallest absolute Gasteiger partial charge is 0.231 e. The van der Waals surface area contributed by atoms with Crippen LogP contribution in [0.2, 0.25) is 0 Å². The van der Waals surface area contributed by atoms with E-state index in [1.54, 1.807) is 0 Å². The SMILES string of the molecule is Nc1ncc2n1CC(Cc1cccc3c1OCO3)CC2. The molecule has 1 aromatic carbocycles. The van der Waals surface area contributed by atoms with Crippen LogP contribution >= 0.6 is 0 Å². The number of anilines is 1. The Bertz CT molecular complexity index is 651. The third-order valence-electron chi connectivity index (χ3n) is 4.21. The summed E-state index contributed by atoms with van der Waals surface area (Å²) in [7, 11) is 0.